The highest BCUT2D eigenvalue weighted by atomic mass is 79.9. The third kappa shape index (κ3) is 3.35. The van der Waals surface area contributed by atoms with Gasteiger partial charge in [0.05, 0.1) is 5.92 Å². The van der Waals surface area contributed by atoms with Crippen molar-refractivity contribution >= 4 is 37.8 Å². The number of rotatable bonds is 3. The zero-order valence-electron chi connectivity index (χ0n) is 9.93. The van der Waals surface area contributed by atoms with Gasteiger partial charge in [-0.3, -0.25) is 4.79 Å². The molecule has 4 heteroatoms. The van der Waals surface area contributed by atoms with Crippen molar-refractivity contribution < 1.29 is 9.90 Å². The number of hydrogen-bond donors (Lipinski definition) is 1. The maximum atomic E-state index is 11.4. The topological polar surface area (TPSA) is 37.3 Å². The quantitative estimate of drug-likeness (QED) is 0.814. The van der Waals surface area contributed by atoms with E-state index in [1.807, 2.05) is 18.2 Å². The van der Waals surface area contributed by atoms with Crippen LogP contribution in [0.4, 0.5) is 0 Å². The van der Waals surface area contributed by atoms with Crippen molar-refractivity contribution in [2.45, 2.75) is 28.9 Å². The van der Waals surface area contributed by atoms with Crippen LogP contribution in [0.2, 0.25) is 0 Å². The molecule has 1 saturated carbocycles. The SMILES string of the molecule is O=C(O)C1CC(Br)C(Br)CC1Cc1ccccc1. The van der Waals surface area contributed by atoms with Gasteiger partial charge in [-0.25, -0.2) is 0 Å². The van der Waals surface area contributed by atoms with Gasteiger partial charge in [0.15, 0.2) is 0 Å². The molecule has 0 saturated heterocycles. The Morgan fingerprint density at radius 1 is 1.17 bits per heavy atom. The molecule has 98 valence electrons. The third-order valence-corrected chi connectivity index (χ3v) is 6.36. The molecule has 0 radical (unpaired) electrons. The first-order valence-corrected chi connectivity index (χ1v) is 7.96. The molecule has 0 heterocycles. The summed E-state index contributed by atoms with van der Waals surface area (Å²) in [5.74, 6) is -0.703. The molecule has 4 atom stereocenters. The van der Waals surface area contributed by atoms with Gasteiger partial charge in [-0.05, 0) is 30.7 Å². The van der Waals surface area contributed by atoms with Crippen molar-refractivity contribution in [1.82, 2.24) is 0 Å². The minimum absolute atomic E-state index is 0.211. The van der Waals surface area contributed by atoms with Crippen molar-refractivity contribution in [3.63, 3.8) is 0 Å². The summed E-state index contributed by atoms with van der Waals surface area (Å²) >= 11 is 7.21. The summed E-state index contributed by atoms with van der Waals surface area (Å²) in [6.45, 7) is 0. The Morgan fingerprint density at radius 3 is 2.39 bits per heavy atom. The number of carboxylic acids is 1. The fourth-order valence-corrected chi connectivity index (χ4v) is 3.94. The van der Waals surface area contributed by atoms with Crippen LogP contribution in [0.25, 0.3) is 0 Å². The van der Waals surface area contributed by atoms with E-state index in [1.165, 1.54) is 5.56 Å². The first kappa shape index (κ1) is 14.1. The van der Waals surface area contributed by atoms with Crippen LogP contribution < -0.4 is 0 Å². The molecule has 0 amide bonds. The Balaban J connectivity index is 2.11. The predicted molar refractivity (Wildman–Crippen MR) is 79.4 cm³/mol. The summed E-state index contributed by atoms with van der Waals surface area (Å²) in [5, 5.41) is 9.35. The lowest BCUT2D eigenvalue weighted by molar-refractivity contribution is -0.144. The van der Waals surface area contributed by atoms with Crippen molar-refractivity contribution in [3.8, 4) is 0 Å². The van der Waals surface area contributed by atoms with Crippen LogP contribution in [-0.2, 0) is 11.2 Å². The molecule has 1 aromatic rings. The van der Waals surface area contributed by atoms with E-state index in [1.54, 1.807) is 0 Å². The molecule has 1 aliphatic rings. The van der Waals surface area contributed by atoms with E-state index in [0.29, 0.717) is 11.2 Å². The fraction of sp³-hybridized carbons (Fsp3) is 0.500. The van der Waals surface area contributed by atoms with Gasteiger partial charge < -0.3 is 5.11 Å². The van der Waals surface area contributed by atoms with Crippen LogP contribution in [0, 0.1) is 11.8 Å². The number of carbonyl (C=O) groups is 1. The minimum atomic E-state index is -0.667. The summed E-state index contributed by atoms with van der Waals surface area (Å²) in [5.41, 5.74) is 1.22. The largest absolute Gasteiger partial charge is 0.481 e. The molecule has 2 rings (SSSR count). The molecule has 1 fully saturated rings. The average molecular weight is 376 g/mol. The zero-order chi connectivity index (χ0) is 13.1. The van der Waals surface area contributed by atoms with E-state index < -0.39 is 5.97 Å². The van der Waals surface area contributed by atoms with Crippen molar-refractivity contribution in [1.29, 1.82) is 0 Å². The van der Waals surface area contributed by atoms with Gasteiger partial charge in [-0.15, -0.1) is 0 Å². The number of hydrogen-bond acceptors (Lipinski definition) is 1. The molecule has 0 aliphatic heterocycles. The molecule has 4 unspecified atom stereocenters. The highest BCUT2D eigenvalue weighted by Crippen LogP contribution is 2.39. The number of halogens is 2. The standard InChI is InChI=1S/C14H16Br2O2/c15-12-7-10(6-9-4-2-1-3-5-9)11(14(17)18)8-13(12)16/h1-5,10-13H,6-8H2,(H,17,18). The first-order valence-electron chi connectivity index (χ1n) is 6.12. The van der Waals surface area contributed by atoms with E-state index in [9.17, 15) is 9.90 Å². The summed E-state index contributed by atoms with van der Waals surface area (Å²) in [6, 6.07) is 10.1. The lowest BCUT2D eigenvalue weighted by Gasteiger charge is -2.35. The molecule has 0 aromatic heterocycles. The van der Waals surface area contributed by atoms with Crippen molar-refractivity contribution in [2.24, 2.45) is 11.8 Å². The first-order chi connectivity index (χ1) is 8.58. The molecule has 18 heavy (non-hydrogen) atoms. The van der Waals surface area contributed by atoms with Crippen molar-refractivity contribution in [3.05, 3.63) is 35.9 Å². The highest BCUT2D eigenvalue weighted by Gasteiger charge is 2.38. The van der Waals surface area contributed by atoms with Gasteiger partial charge in [-0.1, -0.05) is 62.2 Å². The normalized spacial score (nSPS) is 32.1. The van der Waals surface area contributed by atoms with Gasteiger partial charge in [0, 0.05) is 9.65 Å². The molecular weight excluding hydrogens is 360 g/mol. The van der Waals surface area contributed by atoms with Crippen molar-refractivity contribution in [2.75, 3.05) is 0 Å². The Labute approximate surface area is 124 Å². The predicted octanol–water partition coefficient (Wildman–Crippen LogP) is 3.87. The maximum absolute atomic E-state index is 11.4. The summed E-state index contributed by atoms with van der Waals surface area (Å²) < 4.78 is 0. The van der Waals surface area contributed by atoms with E-state index in [0.717, 1.165) is 12.8 Å². The van der Waals surface area contributed by atoms with Gasteiger partial charge in [-0.2, -0.15) is 0 Å². The minimum Gasteiger partial charge on any atom is -0.481 e. The maximum Gasteiger partial charge on any atom is 0.306 e. The molecular formula is C14H16Br2O2. The Hall–Kier alpha value is -0.350. The number of aliphatic carboxylic acids is 1. The van der Waals surface area contributed by atoms with Crippen LogP contribution in [0.15, 0.2) is 30.3 Å². The Kier molecular flexibility index (Phi) is 4.84. The van der Waals surface area contributed by atoms with Crippen LogP contribution in [0.5, 0.6) is 0 Å². The van der Waals surface area contributed by atoms with Gasteiger partial charge in [0.25, 0.3) is 0 Å². The number of carboxylic acid groups (broad SMARTS) is 1. The van der Waals surface area contributed by atoms with Gasteiger partial charge in [0.1, 0.15) is 0 Å². The van der Waals surface area contributed by atoms with Crippen LogP contribution >= 0.6 is 31.9 Å². The lowest BCUT2D eigenvalue weighted by Crippen LogP contribution is -2.37. The average Bonchev–Trinajstić information content (AvgIpc) is 2.34. The molecule has 2 nitrogen and oxygen atoms in total. The second-order valence-electron chi connectivity index (χ2n) is 4.90. The van der Waals surface area contributed by atoms with E-state index >= 15 is 0 Å². The fourth-order valence-electron chi connectivity index (χ4n) is 2.63. The van der Waals surface area contributed by atoms with E-state index in [2.05, 4.69) is 44.0 Å². The van der Waals surface area contributed by atoms with Crippen LogP contribution in [-0.4, -0.2) is 20.7 Å². The number of alkyl halides is 2. The highest BCUT2D eigenvalue weighted by molar-refractivity contribution is 9.12. The third-order valence-electron chi connectivity index (χ3n) is 3.63. The molecule has 0 bridgehead atoms. The molecule has 0 spiro atoms. The van der Waals surface area contributed by atoms with Gasteiger partial charge in [0.2, 0.25) is 0 Å². The summed E-state index contributed by atoms with van der Waals surface area (Å²) in [7, 11) is 0. The van der Waals surface area contributed by atoms with Crippen LogP contribution in [0.3, 0.4) is 0 Å². The van der Waals surface area contributed by atoms with E-state index in [4.69, 9.17) is 0 Å². The number of benzene rings is 1. The summed E-state index contributed by atoms with van der Waals surface area (Å²) in [6.07, 6.45) is 2.45. The van der Waals surface area contributed by atoms with Crippen LogP contribution in [0.1, 0.15) is 18.4 Å². The second kappa shape index (κ2) is 6.20. The smallest absolute Gasteiger partial charge is 0.306 e. The lowest BCUT2D eigenvalue weighted by atomic mass is 9.76. The summed E-state index contributed by atoms with van der Waals surface area (Å²) in [4.78, 5) is 12.0. The van der Waals surface area contributed by atoms with Gasteiger partial charge >= 0.3 is 5.97 Å². The molecule has 1 aliphatic carbocycles. The zero-order valence-corrected chi connectivity index (χ0v) is 13.1. The monoisotopic (exact) mass is 374 g/mol. The second-order valence-corrected chi connectivity index (χ2v) is 7.25. The Morgan fingerprint density at radius 2 is 1.78 bits per heavy atom. The molecule has 1 N–H and O–H groups in total. The molecule has 1 aromatic carbocycles. The Bertz CT molecular complexity index is 408. The van der Waals surface area contributed by atoms with E-state index in [-0.39, 0.29) is 16.7 Å².